The number of fused-ring (bicyclic) bond motifs is 5. The minimum atomic E-state index is -1.59. The van der Waals surface area contributed by atoms with Gasteiger partial charge in [-0.1, -0.05) is 13.8 Å². The fourth-order valence-electron chi connectivity index (χ4n) is 7.94. The second-order valence-corrected chi connectivity index (χ2v) is 9.97. The van der Waals surface area contributed by atoms with Crippen LogP contribution in [0.4, 0.5) is 0 Å². The van der Waals surface area contributed by atoms with Crippen LogP contribution in [-0.4, -0.2) is 45.8 Å². The maximum Gasteiger partial charge on any atom is 0.222 e. The minimum absolute atomic E-state index is 0.109. The molecule has 4 fully saturated rings. The molecule has 0 aromatic heterocycles. The summed E-state index contributed by atoms with van der Waals surface area (Å²) in [6.07, 6.45) is 2.05. The van der Waals surface area contributed by atoms with Crippen LogP contribution in [0.5, 0.6) is 0 Å². The van der Waals surface area contributed by atoms with Crippen molar-refractivity contribution in [2.75, 3.05) is 6.54 Å². The summed E-state index contributed by atoms with van der Waals surface area (Å²) in [6.45, 7) is 8.59. The minimum Gasteiger partial charge on any atom is -0.393 e. The van der Waals surface area contributed by atoms with Gasteiger partial charge < -0.3 is 15.1 Å². The molecule has 0 aromatic carbocycles. The first kappa shape index (κ1) is 16.4. The molecule has 1 amide bonds. The largest absolute Gasteiger partial charge is 0.393 e. The summed E-state index contributed by atoms with van der Waals surface area (Å²) in [5.41, 5.74) is -0.632. The number of carbonyl (C=O) groups excluding carboxylic acids is 1. The van der Waals surface area contributed by atoms with E-state index in [1.807, 2.05) is 11.8 Å². The van der Waals surface area contributed by atoms with E-state index in [0.717, 1.165) is 32.1 Å². The molecule has 0 radical (unpaired) electrons. The van der Waals surface area contributed by atoms with Crippen LogP contribution in [0.25, 0.3) is 0 Å². The van der Waals surface area contributed by atoms with E-state index in [-0.39, 0.29) is 40.5 Å². The standard InChI is InChI=1S/C22H37NO3/c1-5-23-18-9-6-14-16-8-7-15(13(2)24)22(16,4)12-17(25)20(14)21(18,3)11-10-19(23)26/h13-18,20,24-25H,5-12H2,1-4H3/t13?,14?,15-,16?,17+,18?,20?,21+,22-/m1/s1/i13D,17D. The van der Waals surface area contributed by atoms with Crippen molar-refractivity contribution in [3.8, 4) is 0 Å². The molecule has 9 atom stereocenters. The highest BCUT2D eigenvalue weighted by Crippen LogP contribution is 2.66. The normalized spacial score (nSPS) is 57.4. The molecular weight excluding hydrogens is 326 g/mol. The number of rotatable bonds is 2. The summed E-state index contributed by atoms with van der Waals surface area (Å²) < 4.78 is 17.3. The van der Waals surface area contributed by atoms with Gasteiger partial charge in [0.25, 0.3) is 0 Å². The van der Waals surface area contributed by atoms with Gasteiger partial charge in [-0.15, -0.1) is 0 Å². The highest BCUT2D eigenvalue weighted by Gasteiger charge is 2.64. The van der Waals surface area contributed by atoms with Crippen molar-refractivity contribution in [2.24, 2.45) is 34.5 Å². The van der Waals surface area contributed by atoms with Crippen LogP contribution in [0.2, 0.25) is 0 Å². The van der Waals surface area contributed by atoms with Crippen LogP contribution in [-0.2, 0) is 4.79 Å². The SMILES string of the molecule is [2H]C(C)(O)[C@H]1CCC2C3CCC4N(CC)C(=O)CC[C@]4(C)C3[C@@]([2H])(O)C[C@@]21C. The van der Waals surface area contributed by atoms with Gasteiger partial charge in [0.05, 0.1) is 14.9 Å². The van der Waals surface area contributed by atoms with Gasteiger partial charge in [-0.3, -0.25) is 4.79 Å². The van der Waals surface area contributed by atoms with E-state index in [4.69, 9.17) is 2.74 Å². The Labute approximate surface area is 161 Å². The van der Waals surface area contributed by atoms with Crippen molar-refractivity contribution >= 4 is 5.91 Å². The molecule has 5 unspecified atom stereocenters. The number of hydrogen-bond donors (Lipinski definition) is 2. The zero-order valence-electron chi connectivity index (χ0n) is 18.8. The van der Waals surface area contributed by atoms with E-state index < -0.39 is 12.2 Å². The molecule has 26 heavy (non-hydrogen) atoms. The summed E-state index contributed by atoms with van der Waals surface area (Å²) >= 11 is 0. The molecule has 1 saturated heterocycles. The Bertz CT molecular complexity index is 663. The fraction of sp³-hybridized carbons (Fsp3) is 0.955. The maximum absolute atomic E-state index is 12.5. The lowest BCUT2D eigenvalue weighted by molar-refractivity contribution is -0.188. The molecule has 2 N–H and O–H groups in total. The average Bonchev–Trinajstić information content (AvgIpc) is 2.90. The molecule has 4 rings (SSSR count). The van der Waals surface area contributed by atoms with Crippen molar-refractivity contribution in [1.82, 2.24) is 4.90 Å². The second-order valence-electron chi connectivity index (χ2n) is 9.97. The molecule has 0 aromatic rings. The Hall–Kier alpha value is -0.610. The van der Waals surface area contributed by atoms with Gasteiger partial charge >= 0.3 is 0 Å². The molecule has 1 aliphatic heterocycles. The monoisotopic (exact) mass is 365 g/mol. The van der Waals surface area contributed by atoms with Gasteiger partial charge in [-0.2, -0.15) is 0 Å². The number of amides is 1. The Balaban J connectivity index is 1.74. The van der Waals surface area contributed by atoms with Crippen LogP contribution in [0.15, 0.2) is 0 Å². The molecular formula is C22H37NO3. The van der Waals surface area contributed by atoms with E-state index in [1.165, 1.54) is 0 Å². The zero-order valence-corrected chi connectivity index (χ0v) is 16.8. The number of hydrogen-bond acceptors (Lipinski definition) is 3. The molecule has 4 nitrogen and oxygen atoms in total. The van der Waals surface area contributed by atoms with E-state index in [2.05, 4.69) is 13.8 Å². The summed E-state index contributed by atoms with van der Waals surface area (Å²) in [7, 11) is 0. The van der Waals surface area contributed by atoms with Gasteiger partial charge in [0.1, 0.15) is 0 Å². The van der Waals surface area contributed by atoms with E-state index >= 15 is 0 Å². The lowest BCUT2D eigenvalue weighted by Crippen LogP contribution is -2.65. The van der Waals surface area contributed by atoms with E-state index in [9.17, 15) is 15.0 Å². The molecule has 1 heterocycles. The molecule has 4 aliphatic rings. The topological polar surface area (TPSA) is 60.8 Å². The fourth-order valence-corrected chi connectivity index (χ4v) is 7.94. The number of piperidine rings is 1. The van der Waals surface area contributed by atoms with Crippen molar-refractivity contribution in [3.63, 3.8) is 0 Å². The lowest BCUT2D eigenvalue weighted by Gasteiger charge is -2.63. The lowest BCUT2D eigenvalue weighted by atomic mass is 9.45. The second kappa shape index (κ2) is 6.20. The number of carbonyl (C=O) groups is 1. The van der Waals surface area contributed by atoms with Crippen LogP contribution in [0, 0.1) is 34.5 Å². The number of aliphatic hydroxyl groups is 2. The summed E-state index contributed by atoms with van der Waals surface area (Å²) in [6, 6.07) is 0.109. The predicted octanol–water partition coefficient (Wildman–Crippen LogP) is 3.21. The first-order chi connectivity index (χ1) is 12.9. The van der Waals surface area contributed by atoms with Crippen molar-refractivity contribution in [3.05, 3.63) is 0 Å². The highest BCUT2D eigenvalue weighted by molar-refractivity contribution is 5.77. The third-order valence-corrected chi connectivity index (χ3v) is 8.94. The average molecular weight is 366 g/mol. The molecule has 148 valence electrons. The van der Waals surface area contributed by atoms with E-state index in [0.29, 0.717) is 25.3 Å². The van der Waals surface area contributed by atoms with Gasteiger partial charge in [-0.25, -0.2) is 0 Å². The third kappa shape index (κ3) is 2.37. The predicted molar refractivity (Wildman–Crippen MR) is 101 cm³/mol. The first-order valence-electron chi connectivity index (χ1n) is 11.6. The summed E-state index contributed by atoms with van der Waals surface area (Å²) in [5.74, 6) is 0.391. The molecule has 3 saturated carbocycles. The highest BCUT2D eigenvalue weighted by atomic mass is 16.3. The van der Waals surface area contributed by atoms with Crippen LogP contribution < -0.4 is 0 Å². The summed E-state index contributed by atoms with van der Waals surface area (Å²) in [4.78, 5) is 14.5. The van der Waals surface area contributed by atoms with Gasteiger partial charge in [-0.05, 0) is 86.9 Å². The van der Waals surface area contributed by atoms with E-state index in [1.54, 1.807) is 6.92 Å². The van der Waals surface area contributed by atoms with Crippen LogP contribution in [0.3, 0.4) is 0 Å². The van der Waals surface area contributed by atoms with Gasteiger partial charge in [0, 0.05) is 19.0 Å². The quantitative estimate of drug-likeness (QED) is 0.790. The maximum atomic E-state index is 12.5. The molecule has 4 heteroatoms. The van der Waals surface area contributed by atoms with Crippen molar-refractivity contribution in [1.29, 1.82) is 0 Å². The third-order valence-electron chi connectivity index (χ3n) is 8.94. The summed E-state index contributed by atoms with van der Waals surface area (Å²) in [5, 5.41) is 22.0. The van der Waals surface area contributed by atoms with Crippen LogP contribution in [0.1, 0.15) is 75.4 Å². The zero-order chi connectivity index (χ0) is 20.7. The smallest absolute Gasteiger partial charge is 0.222 e. The van der Waals surface area contributed by atoms with Crippen molar-refractivity contribution in [2.45, 2.75) is 90.8 Å². The van der Waals surface area contributed by atoms with Crippen LogP contribution >= 0.6 is 0 Å². The van der Waals surface area contributed by atoms with Gasteiger partial charge in [0.2, 0.25) is 5.91 Å². The molecule has 0 spiro atoms. The van der Waals surface area contributed by atoms with Gasteiger partial charge in [0.15, 0.2) is 0 Å². The van der Waals surface area contributed by atoms with Crippen molar-refractivity contribution < 1.29 is 17.7 Å². The molecule has 3 aliphatic carbocycles. The Morgan fingerprint density at radius 1 is 1.31 bits per heavy atom. The first-order valence-corrected chi connectivity index (χ1v) is 10.6. The Kier molecular flexibility index (Phi) is 3.90. The molecule has 0 bridgehead atoms. The Morgan fingerprint density at radius 3 is 2.69 bits per heavy atom. The number of likely N-dealkylation sites (tertiary alicyclic amines) is 1. The Morgan fingerprint density at radius 2 is 2.04 bits per heavy atom. The number of nitrogens with zero attached hydrogens (tertiary/aromatic N) is 1.